The predicted octanol–water partition coefficient (Wildman–Crippen LogP) is 3.34. The molecular weight excluding hydrogens is 788 g/mol. The summed E-state index contributed by atoms with van der Waals surface area (Å²) in [5.41, 5.74) is -17.8. The van der Waals surface area contributed by atoms with Crippen LogP contribution < -0.4 is 0 Å². The summed E-state index contributed by atoms with van der Waals surface area (Å²) in [4.78, 5) is 71.1. The van der Waals surface area contributed by atoms with E-state index in [-0.39, 0.29) is 12.8 Å². The maximum absolute atomic E-state index is 14.4. The van der Waals surface area contributed by atoms with Gasteiger partial charge in [0.2, 0.25) is 0 Å². The molecule has 17 atom stereocenters. The molecule has 60 heavy (non-hydrogen) atoms. The number of carbonyl (C=O) groups excluding carboxylic acids is 5. The topological polar surface area (TPSA) is 225 Å². The summed E-state index contributed by atoms with van der Waals surface area (Å²) in [6, 6.07) is 1.62. The summed E-state index contributed by atoms with van der Waals surface area (Å²) in [6.45, 7) is 16.5. The number of cyclic esters (lactones) is 1. The Morgan fingerprint density at radius 2 is 1.60 bits per heavy atom. The number of rotatable bonds is 10. The van der Waals surface area contributed by atoms with Crippen LogP contribution in [0, 0.1) is 34.0 Å². The summed E-state index contributed by atoms with van der Waals surface area (Å²) in [5, 5.41) is 28.1. The summed E-state index contributed by atoms with van der Waals surface area (Å²) in [5.74, 6) is -8.52. The highest BCUT2D eigenvalue weighted by Gasteiger charge is 3.07. The Balaban J connectivity index is 1.41. The lowest BCUT2D eigenvalue weighted by molar-refractivity contribution is -0.479. The van der Waals surface area contributed by atoms with Crippen molar-refractivity contribution in [3.63, 3.8) is 0 Å². The molecule has 8 aliphatic rings. The molecule has 0 radical (unpaired) electrons. The first-order valence-electron chi connectivity index (χ1n) is 21.0. The molecule has 0 aromatic carbocycles. The number of fused-ring (bicyclic) bond motifs is 2. The highest BCUT2D eigenvalue weighted by molar-refractivity contribution is 5.83. The third-order valence-corrected chi connectivity index (χ3v) is 16.8. The fraction of sp³-hybridized carbons (Fsp3) is 0.791. The lowest BCUT2D eigenvalue weighted by atomic mass is 9.31. The Kier molecular flexibility index (Phi) is 8.41. The van der Waals surface area contributed by atoms with Crippen molar-refractivity contribution >= 4 is 29.8 Å². The number of hydrogen-bond donors (Lipinski definition) is 2. The van der Waals surface area contributed by atoms with Gasteiger partial charge in [0.15, 0.2) is 28.5 Å². The molecule has 0 unspecified atom stereocenters. The first kappa shape index (κ1) is 41.7. The molecular formula is C43H56O17. The molecule has 4 saturated carbocycles. The molecule has 9 rings (SSSR count). The molecule has 8 fully saturated rings. The van der Waals surface area contributed by atoms with Crippen LogP contribution in [0.25, 0.3) is 0 Å². The molecule has 4 bridgehead atoms. The minimum absolute atomic E-state index is 0.151. The molecule has 4 aliphatic carbocycles. The van der Waals surface area contributed by atoms with E-state index in [9.17, 15) is 34.2 Å². The first-order chi connectivity index (χ1) is 27.8. The van der Waals surface area contributed by atoms with Crippen molar-refractivity contribution in [2.45, 2.75) is 171 Å². The fourth-order valence-corrected chi connectivity index (χ4v) is 13.7. The molecule has 1 aromatic rings. The first-order valence-corrected chi connectivity index (χ1v) is 21.0. The monoisotopic (exact) mass is 844 g/mol. The van der Waals surface area contributed by atoms with E-state index in [1.807, 2.05) is 6.92 Å². The Morgan fingerprint density at radius 1 is 0.933 bits per heavy atom. The van der Waals surface area contributed by atoms with Crippen LogP contribution in [0.3, 0.4) is 0 Å². The maximum Gasteiger partial charge on any atom is 0.341 e. The second-order valence-electron chi connectivity index (χ2n) is 20.0. The Hall–Kier alpha value is -3.61. The van der Waals surface area contributed by atoms with Gasteiger partial charge in [-0.05, 0) is 45.1 Å². The SMILES string of the molecule is CC[C@@H](C)C(=O)O[C@@H]1C[C@@]2(C)[C@H](c3ccoc3)OC(=O)C[C@]23O[C@@]2(C)O[C@@]34[C@H](OC(=O)C(C)C)[C@@]3(O)[C@@H](OC(=O)[C@]5(C)O[C@H]5C)[C@]5(C)C[C@@]3(O)[C@@](C)([C@H]5CC(=O)OC)[C@@]14O2. The van der Waals surface area contributed by atoms with Gasteiger partial charge in [-0.1, -0.05) is 48.5 Å². The normalized spacial score (nSPS) is 51.6. The highest BCUT2D eigenvalue weighted by Crippen LogP contribution is 2.89. The van der Waals surface area contributed by atoms with Gasteiger partial charge in [0.25, 0.3) is 5.97 Å². The van der Waals surface area contributed by atoms with Crippen molar-refractivity contribution in [3.8, 4) is 0 Å². The number of epoxide rings is 1. The van der Waals surface area contributed by atoms with E-state index in [4.69, 9.17) is 47.0 Å². The van der Waals surface area contributed by atoms with Crippen LogP contribution in [0.5, 0.6) is 0 Å². The molecule has 330 valence electrons. The van der Waals surface area contributed by atoms with Crippen molar-refractivity contribution in [2.75, 3.05) is 7.11 Å². The second-order valence-corrected chi connectivity index (χ2v) is 20.0. The van der Waals surface area contributed by atoms with E-state index in [0.717, 1.165) is 0 Å². The third-order valence-electron chi connectivity index (χ3n) is 16.8. The zero-order valence-corrected chi connectivity index (χ0v) is 35.9. The number of esters is 5. The number of hydrogen-bond acceptors (Lipinski definition) is 17. The van der Waals surface area contributed by atoms with Gasteiger partial charge in [-0.25, -0.2) is 4.79 Å². The number of furan rings is 1. The Morgan fingerprint density at radius 3 is 2.18 bits per heavy atom. The maximum atomic E-state index is 14.4. The summed E-state index contributed by atoms with van der Waals surface area (Å²) >= 11 is 0. The summed E-state index contributed by atoms with van der Waals surface area (Å²) in [6.07, 6.45) is -5.20. The quantitative estimate of drug-likeness (QED) is 0.196. The number of methoxy groups -OCH3 is 1. The van der Waals surface area contributed by atoms with E-state index >= 15 is 0 Å². The Bertz CT molecular complexity index is 2070. The highest BCUT2D eigenvalue weighted by atomic mass is 17.0. The summed E-state index contributed by atoms with van der Waals surface area (Å²) < 4.78 is 63.7. The van der Waals surface area contributed by atoms with Gasteiger partial charge >= 0.3 is 29.8 Å². The lowest BCUT2D eigenvalue weighted by Crippen LogP contribution is -2.99. The van der Waals surface area contributed by atoms with Gasteiger partial charge in [0.1, 0.15) is 29.5 Å². The number of aliphatic hydroxyl groups is 2. The van der Waals surface area contributed by atoms with E-state index < -0.39 is 147 Å². The van der Waals surface area contributed by atoms with Crippen molar-refractivity contribution in [3.05, 3.63) is 24.2 Å². The van der Waals surface area contributed by atoms with Crippen molar-refractivity contribution in [1.29, 1.82) is 0 Å². The molecule has 5 heterocycles. The standard InChI is InChI=1S/C43H56O17/c1-12-21(4)30(47)53-25-16-35(7)28(23-13-14-52-18-23)54-27(45)17-40(35)43-32(55-29(46)20(2)3)41(50)31(56-33(48)36(8)22(5)57-36)34(6)19-39(41,49)37(9,24(34)15-26(44)51-11)42(25,43)59-38(10,58-40)60-43/h13-14,18,20-22,24-25,28,31-32,49-50H,12,15-17,19H2,1-11H3/t21-,22+,24+,25-,28+,31+,32-,34-,35+,36-,37-,38-,39-,40+,41+,42+,43+/m1/s1. The average Bonchev–Trinajstić information content (AvgIpc) is 3.63. The van der Waals surface area contributed by atoms with Crippen LogP contribution >= 0.6 is 0 Å². The third kappa shape index (κ3) is 4.28. The number of ether oxygens (including phenoxy) is 9. The van der Waals surface area contributed by atoms with Crippen LogP contribution in [-0.2, 0) is 66.6 Å². The van der Waals surface area contributed by atoms with Gasteiger partial charge in [0, 0.05) is 35.2 Å². The minimum Gasteiger partial charge on any atom is -0.472 e. The Labute approximate surface area is 347 Å². The molecule has 17 heteroatoms. The van der Waals surface area contributed by atoms with E-state index in [0.29, 0.717) is 12.0 Å². The van der Waals surface area contributed by atoms with Gasteiger partial charge in [-0.15, -0.1) is 0 Å². The molecule has 2 spiro atoms. The van der Waals surface area contributed by atoms with Crippen molar-refractivity contribution in [2.24, 2.45) is 34.0 Å². The largest absolute Gasteiger partial charge is 0.472 e. The molecule has 1 aromatic heterocycles. The van der Waals surface area contributed by atoms with E-state index in [1.54, 1.807) is 54.5 Å². The van der Waals surface area contributed by atoms with Crippen LogP contribution in [0.1, 0.15) is 113 Å². The minimum atomic E-state index is -2.80. The van der Waals surface area contributed by atoms with Gasteiger partial charge in [-0.2, -0.15) is 0 Å². The zero-order valence-electron chi connectivity index (χ0n) is 35.9. The number of carbonyl (C=O) groups is 5. The smallest absolute Gasteiger partial charge is 0.341 e. The van der Waals surface area contributed by atoms with E-state index in [2.05, 4.69) is 0 Å². The fourth-order valence-electron chi connectivity index (χ4n) is 13.7. The van der Waals surface area contributed by atoms with Gasteiger partial charge in [-0.3, -0.25) is 19.2 Å². The van der Waals surface area contributed by atoms with Crippen molar-refractivity contribution < 1.29 is 81.2 Å². The second kappa shape index (κ2) is 12.1. The van der Waals surface area contributed by atoms with Crippen LogP contribution in [0.2, 0.25) is 0 Å². The van der Waals surface area contributed by atoms with Crippen LogP contribution in [-0.4, -0.2) is 111 Å². The lowest BCUT2D eigenvalue weighted by Gasteiger charge is -2.79. The molecule has 4 aliphatic heterocycles. The van der Waals surface area contributed by atoms with Gasteiger partial charge < -0.3 is 57.3 Å². The van der Waals surface area contributed by atoms with Crippen molar-refractivity contribution in [1.82, 2.24) is 0 Å². The average molecular weight is 845 g/mol. The summed E-state index contributed by atoms with van der Waals surface area (Å²) in [7, 11) is 1.21. The molecule has 17 nitrogen and oxygen atoms in total. The van der Waals surface area contributed by atoms with Gasteiger partial charge in [0.05, 0.1) is 44.0 Å². The van der Waals surface area contributed by atoms with Crippen LogP contribution in [0.15, 0.2) is 23.0 Å². The molecule has 0 amide bonds. The molecule has 2 N–H and O–H groups in total. The van der Waals surface area contributed by atoms with Crippen LogP contribution in [0.4, 0.5) is 0 Å². The predicted molar refractivity (Wildman–Crippen MR) is 198 cm³/mol. The molecule has 4 saturated heterocycles. The van der Waals surface area contributed by atoms with E-state index in [1.165, 1.54) is 33.5 Å². The zero-order chi connectivity index (χ0) is 43.8.